The Morgan fingerprint density at radius 1 is 0.889 bits per heavy atom. The summed E-state index contributed by atoms with van der Waals surface area (Å²) in [7, 11) is 0. The Balaban J connectivity index is 2.39. The van der Waals surface area contributed by atoms with Gasteiger partial charge in [0.15, 0.2) is 0 Å². The van der Waals surface area contributed by atoms with Crippen molar-refractivity contribution in [2.45, 2.75) is 25.8 Å². The van der Waals surface area contributed by atoms with E-state index >= 15 is 0 Å². The van der Waals surface area contributed by atoms with Crippen LogP contribution < -0.4 is 5.73 Å². The molecular formula is C16H18ClN. The molecule has 0 spiro atoms. The van der Waals surface area contributed by atoms with E-state index in [9.17, 15) is 0 Å². The fourth-order valence-electron chi connectivity index (χ4n) is 2.25. The van der Waals surface area contributed by atoms with Gasteiger partial charge in [0.05, 0.1) is 0 Å². The highest BCUT2D eigenvalue weighted by Crippen LogP contribution is 2.29. The van der Waals surface area contributed by atoms with E-state index in [2.05, 4.69) is 37.3 Å². The van der Waals surface area contributed by atoms with Crippen LogP contribution in [0.15, 0.2) is 48.5 Å². The van der Waals surface area contributed by atoms with Gasteiger partial charge in [-0.15, -0.1) is 0 Å². The van der Waals surface area contributed by atoms with E-state index in [0.717, 1.165) is 5.02 Å². The number of benzene rings is 2. The van der Waals surface area contributed by atoms with Crippen LogP contribution in [0.2, 0.25) is 5.02 Å². The maximum atomic E-state index is 6.03. The van der Waals surface area contributed by atoms with E-state index in [1.54, 1.807) is 0 Å². The molecule has 94 valence electrons. The number of halogens is 1. The normalized spacial score (nSPS) is 14.2. The fraction of sp³-hybridized carbons (Fsp3) is 0.250. The molecule has 0 aliphatic heterocycles. The topological polar surface area (TPSA) is 26.0 Å². The van der Waals surface area contributed by atoms with Crippen LogP contribution >= 0.6 is 11.6 Å². The molecule has 18 heavy (non-hydrogen) atoms. The first-order valence-electron chi connectivity index (χ1n) is 6.19. The average Bonchev–Trinajstić information content (AvgIpc) is 2.39. The third-order valence-corrected chi connectivity index (χ3v) is 3.58. The van der Waals surface area contributed by atoms with Gasteiger partial charge in [0.25, 0.3) is 0 Å². The molecule has 2 N–H and O–H groups in total. The van der Waals surface area contributed by atoms with Crippen LogP contribution in [0.4, 0.5) is 0 Å². The number of nitrogens with two attached hydrogens (primary N) is 1. The summed E-state index contributed by atoms with van der Waals surface area (Å²) >= 11 is 5.92. The van der Waals surface area contributed by atoms with Crippen LogP contribution in [-0.2, 0) is 0 Å². The van der Waals surface area contributed by atoms with Crippen LogP contribution in [0, 0.1) is 0 Å². The van der Waals surface area contributed by atoms with Crippen molar-refractivity contribution in [3.8, 4) is 0 Å². The van der Waals surface area contributed by atoms with Crippen molar-refractivity contribution in [1.29, 1.82) is 0 Å². The monoisotopic (exact) mass is 259 g/mol. The molecule has 0 fully saturated rings. The first-order chi connectivity index (χ1) is 8.59. The third kappa shape index (κ3) is 2.74. The predicted octanol–water partition coefficient (Wildman–Crippen LogP) is 4.51. The third-order valence-electron chi connectivity index (χ3n) is 3.32. The summed E-state index contributed by atoms with van der Waals surface area (Å²) in [4.78, 5) is 0. The zero-order valence-corrected chi connectivity index (χ0v) is 11.5. The molecule has 0 saturated heterocycles. The lowest BCUT2D eigenvalue weighted by molar-refractivity contribution is 0.780. The molecule has 2 aromatic carbocycles. The lowest BCUT2D eigenvalue weighted by atomic mass is 9.88. The van der Waals surface area contributed by atoms with Gasteiger partial charge in [-0.2, -0.15) is 0 Å². The van der Waals surface area contributed by atoms with E-state index in [0.29, 0.717) is 5.92 Å². The Hall–Kier alpha value is -1.31. The van der Waals surface area contributed by atoms with Crippen molar-refractivity contribution in [2.75, 3.05) is 0 Å². The molecule has 0 aromatic heterocycles. The largest absolute Gasteiger partial charge is 0.324 e. The zero-order chi connectivity index (χ0) is 13.1. The Morgan fingerprint density at radius 2 is 1.44 bits per heavy atom. The molecule has 0 aliphatic rings. The highest BCUT2D eigenvalue weighted by Gasteiger charge is 2.14. The molecule has 2 rings (SSSR count). The van der Waals surface area contributed by atoms with Crippen molar-refractivity contribution >= 4 is 11.6 Å². The van der Waals surface area contributed by atoms with Gasteiger partial charge in [0.2, 0.25) is 0 Å². The van der Waals surface area contributed by atoms with Crippen molar-refractivity contribution in [3.05, 3.63) is 70.2 Å². The molecule has 0 aliphatic carbocycles. The summed E-state index contributed by atoms with van der Waals surface area (Å²) in [6.45, 7) is 4.22. The maximum absolute atomic E-state index is 6.03. The van der Waals surface area contributed by atoms with E-state index in [4.69, 9.17) is 17.3 Å². The minimum Gasteiger partial charge on any atom is -0.324 e. The molecular weight excluding hydrogens is 242 g/mol. The Morgan fingerprint density at radius 3 is 2.00 bits per heavy atom. The summed E-state index contributed by atoms with van der Waals surface area (Å²) in [5, 5.41) is 0.770. The van der Waals surface area contributed by atoms with Gasteiger partial charge in [-0.1, -0.05) is 54.9 Å². The summed E-state index contributed by atoms with van der Waals surface area (Å²) in [5.74, 6) is 0.324. The van der Waals surface area contributed by atoms with Gasteiger partial charge in [-0.05, 0) is 35.7 Å². The molecule has 0 bridgehead atoms. The van der Waals surface area contributed by atoms with Crippen LogP contribution in [0.1, 0.15) is 42.5 Å². The van der Waals surface area contributed by atoms with E-state index in [-0.39, 0.29) is 6.04 Å². The number of hydrogen-bond acceptors (Lipinski definition) is 1. The smallest absolute Gasteiger partial charge is 0.0406 e. The molecule has 1 nitrogen and oxygen atoms in total. The molecule has 0 saturated carbocycles. The highest BCUT2D eigenvalue weighted by atomic mass is 35.5. The molecule has 2 unspecified atom stereocenters. The second-order valence-electron chi connectivity index (χ2n) is 4.69. The zero-order valence-electron chi connectivity index (χ0n) is 10.7. The molecule has 0 heterocycles. The van der Waals surface area contributed by atoms with Gasteiger partial charge in [0.1, 0.15) is 0 Å². The van der Waals surface area contributed by atoms with Crippen LogP contribution in [-0.4, -0.2) is 0 Å². The lowest BCUT2D eigenvalue weighted by Gasteiger charge is -2.19. The van der Waals surface area contributed by atoms with Gasteiger partial charge in [-0.25, -0.2) is 0 Å². The minimum atomic E-state index is 0.0518. The van der Waals surface area contributed by atoms with Crippen LogP contribution in [0.5, 0.6) is 0 Å². The van der Waals surface area contributed by atoms with Gasteiger partial charge in [0, 0.05) is 17.0 Å². The summed E-state index contributed by atoms with van der Waals surface area (Å²) in [5.41, 5.74) is 9.79. The molecule has 2 atom stereocenters. The quantitative estimate of drug-likeness (QED) is 0.862. The number of rotatable bonds is 3. The van der Waals surface area contributed by atoms with Crippen molar-refractivity contribution in [3.63, 3.8) is 0 Å². The Bertz CT molecular complexity index is 517. The van der Waals surface area contributed by atoms with Crippen molar-refractivity contribution in [2.24, 2.45) is 5.73 Å². The van der Waals surface area contributed by atoms with E-state index in [1.165, 1.54) is 16.7 Å². The summed E-state index contributed by atoms with van der Waals surface area (Å²) in [6.07, 6.45) is 0. The van der Waals surface area contributed by atoms with Crippen LogP contribution in [0.3, 0.4) is 0 Å². The predicted molar refractivity (Wildman–Crippen MR) is 78.0 cm³/mol. The Labute approximate surface area is 114 Å². The van der Waals surface area contributed by atoms with Crippen molar-refractivity contribution < 1.29 is 0 Å². The molecule has 2 heteroatoms. The van der Waals surface area contributed by atoms with Crippen molar-refractivity contribution in [1.82, 2.24) is 0 Å². The molecule has 0 radical (unpaired) electrons. The van der Waals surface area contributed by atoms with E-state index in [1.807, 2.05) is 25.1 Å². The second-order valence-corrected chi connectivity index (χ2v) is 5.13. The van der Waals surface area contributed by atoms with Gasteiger partial charge in [-0.3, -0.25) is 0 Å². The second kappa shape index (κ2) is 5.55. The fourth-order valence-corrected chi connectivity index (χ4v) is 2.38. The minimum absolute atomic E-state index is 0.0518. The van der Waals surface area contributed by atoms with Crippen LogP contribution in [0.25, 0.3) is 0 Å². The molecule has 2 aromatic rings. The highest BCUT2D eigenvalue weighted by molar-refractivity contribution is 6.30. The SMILES string of the molecule is CC(N)c1ccccc1C(C)c1ccc(Cl)cc1. The maximum Gasteiger partial charge on any atom is 0.0406 e. The standard InChI is InChI=1S/C16H18ClN/c1-11(13-7-9-14(17)10-8-13)15-5-3-4-6-16(15)12(2)18/h3-12H,18H2,1-2H3. The summed E-state index contributed by atoms with van der Waals surface area (Å²) < 4.78 is 0. The summed E-state index contributed by atoms with van der Waals surface area (Å²) in [6, 6.07) is 16.4. The lowest BCUT2D eigenvalue weighted by Crippen LogP contribution is -2.10. The first kappa shape index (κ1) is 13.1. The van der Waals surface area contributed by atoms with E-state index < -0.39 is 0 Å². The molecule has 0 amide bonds. The van der Waals surface area contributed by atoms with Gasteiger partial charge < -0.3 is 5.73 Å². The number of hydrogen-bond donors (Lipinski definition) is 1. The Kier molecular flexibility index (Phi) is 4.05. The first-order valence-corrected chi connectivity index (χ1v) is 6.57. The average molecular weight is 260 g/mol. The van der Waals surface area contributed by atoms with Gasteiger partial charge >= 0.3 is 0 Å².